The minimum atomic E-state index is -0.926. The van der Waals surface area contributed by atoms with Gasteiger partial charge in [-0.15, -0.1) is 34.5 Å². The molecule has 1 fully saturated rings. The van der Waals surface area contributed by atoms with E-state index in [0.29, 0.717) is 13.0 Å². The second kappa shape index (κ2) is 4.33. The molecule has 2 aromatic rings. The first kappa shape index (κ1) is 13.2. The Kier molecular flexibility index (Phi) is 3.00. The van der Waals surface area contributed by atoms with Gasteiger partial charge in [-0.2, -0.15) is 0 Å². The number of rotatable bonds is 3. The number of fused-ring (bicyclic) bond motifs is 1. The first-order valence-corrected chi connectivity index (χ1v) is 7.50. The molecule has 1 saturated carbocycles. The highest BCUT2D eigenvalue weighted by Gasteiger charge is 2.67. The molecule has 1 amide bonds. The molecule has 1 N–H and O–H groups in total. The predicted molar refractivity (Wildman–Crippen MR) is 78.6 cm³/mol. The van der Waals surface area contributed by atoms with Crippen LogP contribution in [0.15, 0.2) is 24.3 Å². The van der Waals surface area contributed by atoms with E-state index < -0.39 is 9.75 Å². The van der Waals surface area contributed by atoms with Gasteiger partial charge in [0.1, 0.15) is 9.34 Å². The monoisotopic (exact) mass is 314 g/mol. The molecule has 1 heterocycles. The molecule has 0 saturated heterocycles. The van der Waals surface area contributed by atoms with Crippen LogP contribution in [0, 0.1) is 5.41 Å². The van der Waals surface area contributed by atoms with Crippen LogP contribution in [0.25, 0.3) is 10.2 Å². The second-order valence-electron chi connectivity index (χ2n) is 4.97. The zero-order valence-electron chi connectivity index (χ0n) is 10.2. The molecule has 1 unspecified atom stereocenters. The zero-order chi connectivity index (χ0) is 13.7. The van der Waals surface area contributed by atoms with E-state index >= 15 is 0 Å². The van der Waals surface area contributed by atoms with Gasteiger partial charge in [-0.3, -0.25) is 4.79 Å². The maximum absolute atomic E-state index is 12.0. The zero-order valence-corrected chi connectivity index (χ0v) is 12.6. The molecular weight excluding hydrogens is 303 g/mol. The van der Waals surface area contributed by atoms with Crippen molar-refractivity contribution in [1.82, 2.24) is 10.3 Å². The Morgan fingerprint density at radius 2 is 2.16 bits per heavy atom. The first-order chi connectivity index (χ1) is 8.92. The van der Waals surface area contributed by atoms with Crippen LogP contribution in [0.4, 0.5) is 0 Å². The smallest absolute Gasteiger partial charge is 0.229 e. The molecule has 3 nitrogen and oxygen atoms in total. The summed E-state index contributed by atoms with van der Waals surface area (Å²) in [6, 6.07) is 7.90. The van der Waals surface area contributed by atoms with Gasteiger partial charge in [0, 0.05) is 0 Å². The van der Waals surface area contributed by atoms with Crippen molar-refractivity contribution in [3.05, 3.63) is 29.3 Å². The summed E-state index contributed by atoms with van der Waals surface area (Å²) in [7, 11) is 0. The van der Waals surface area contributed by atoms with E-state index in [0.717, 1.165) is 15.2 Å². The van der Waals surface area contributed by atoms with E-state index in [2.05, 4.69) is 10.3 Å². The fraction of sp³-hybridized carbons (Fsp3) is 0.385. The number of alkyl halides is 2. The molecule has 0 bridgehead atoms. The molecule has 0 aliphatic heterocycles. The van der Waals surface area contributed by atoms with Gasteiger partial charge in [-0.25, -0.2) is 4.98 Å². The number of thiazole rings is 1. The van der Waals surface area contributed by atoms with E-state index in [-0.39, 0.29) is 5.91 Å². The molecule has 1 aromatic heterocycles. The average molecular weight is 315 g/mol. The highest BCUT2D eigenvalue weighted by molar-refractivity contribution is 7.18. The van der Waals surface area contributed by atoms with Crippen LogP contribution in [0.1, 0.15) is 18.4 Å². The largest absolute Gasteiger partial charge is 0.349 e. The minimum absolute atomic E-state index is 0.114. The Hall–Kier alpha value is -0.840. The predicted octanol–water partition coefficient (Wildman–Crippen LogP) is 3.50. The van der Waals surface area contributed by atoms with Crippen LogP contribution >= 0.6 is 34.5 Å². The van der Waals surface area contributed by atoms with E-state index in [9.17, 15) is 4.79 Å². The molecule has 1 aliphatic rings. The molecule has 100 valence electrons. The highest BCUT2D eigenvalue weighted by Crippen LogP contribution is 2.63. The maximum atomic E-state index is 12.0. The van der Waals surface area contributed by atoms with Gasteiger partial charge < -0.3 is 5.32 Å². The number of para-hydroxylation sites is 1. The quantitative estimate of drug-likeness (QED) is 0.881. The van der Waals surface area contributed by atoms with E-state index in [4.69, 9.17) is 23.2 Å². The molecule has 1 atom stereocenters. The Bertz CT molecular complexity index is 622. The Morgan fingerprint density at radius 3 is 2.79 bits per heavy atom. The fourth-order valence-corrected chi connectivity index (χ4v) is 3.61. The summed E-state index contributed by atoms with van der Waals surface area (Å²) in [4.78, 5) is 16.5. The number of benzene rings is 1. The van der Waals surface area contributed by atoms with E-state index in [1.165, 1.54) is 0 Å². The number of hydrogen-bond acceptors (Lipinski definition) is 3. The van der Waals surface area contributed by atoms with E-state index in [1.54, 1.807) is 18.3 Å². The average Bonchev–Trinajstić information content (AvgIpc) is 2.75. The van der Waals surface area contributed by atoms with Crippen molar-refractivity contribution in [3.63, 3.8) is 0 Å². The number of carbonyl (C=O) groups is 1. The summed E-state index contributed by atoms with van der Waals surface area (Å²) >= 11 is 13.5. The number of hydrogen-bond donors (Lipinski definition) is 1. The Labute approximate surface area is 124 Å². The number of halogens is 2. The van der Waals surface area contributed by atoms with Crippen molar-refractivity contribution in [2.45, 2.75) is 24.2 Å². The molecule has 0 radical (unpaired) electrons. The normalized spacial score (nSPS) is 24.4. The number of amides is 1. The summed E-state index contributed by atoms with van der Waals surface area (Å²) in [6.45, 7) is 2.19. The lowest BCUT2D eigenvalue weighted by atomic mass is 10.1. The lowest BCUT2D eigenvalue weighted by Gasteiger charge is -2.11. The van der Waals surface area contributed by atoms with Crippen molar-refractivity contribution in [2.75, 3.05) is 0 Å². The summed E-state index contributed by atoms with van der Waals surface area (Å²) in [5, 5.41) is 3.74. The summed E-state index contributed by atoms with van der Waals surface area (Å²) in [5.41, 5.74) is 0.283. The van der Waals surface area contributed by atoms with Crippen LogP contribution in [0.2, 0.25) is 0 Å². The summed E-state index contributed by atoms with van der Waals surface area (Å²) in [5.74, 6) is -0.114. The van der Waals surface area contributed by atoms with Gasteiger partial charge in [-0.1, -0.05) is 12.1 Å². The molecular formula is C13H12Cl2N2OS. The first-order valence-electron chi connectivity index (χ1n) is 5.93. The molecule has 6 heteroatoms. The third-order valence-corrected chi connectivity index (χ3v) is 5.64. The number of nitrogens with zero attached hydrogens (tertiary/aromatic N) is 1. The fourth-order valence-electron chi connectivity index (χ4n) is 1.99. The number of aromatic nitrogens is 1. The summed E-state index contributed by atoms with van der Waals surface area (Å²) < 4.78 is 0.193. The van der Waals surface area contributed by atoms with Gasteiger partial charge in [0.2, 0.25) is 5.91 Å². The van der Waals surface area contributed by atoms with Crippen LogP contribution in [0.3, 0.4) is 0 Å². The topological polar surface area (TPSA) is 42.0 Å². The molecule has 1 aromatic carbocycles. The van der Waals surface area contributed by atoms with Crippen molar-refractivity contribution in [1.29, 1.82) is 0 Å². The lowest BCUT2D eigenvalue weighted by molar-refractivity contribution is -0.125. The lowest BCUT2D eigenvalue weighted by Crippen LogP contribution is -2.32. The van der Waals surface area contributed by atoms with E-state index in [1.807, 2.05) is 24.3 Å². The van der Waals surface area contributed by atoms with Gasteiger partial charge in [-0.05, 0) is 25.5 Å². The second-order valence-corrected chi connectivity index (χ2v) is 7.57. The van der Waals surface area contributed by atoms with Crippen molar-refractivity contribution < 1.29 is 4.79 Å². The Morgan fingerprint density at radius 1 is 1.47 bits per heavy atom. The van der Waals surface area contributed by atoms with Crippen LogP contribution < -0.4 is 5.32 Å². The van der Waals surface area contributed by atoms with Crippen molar-refractivity contribution in [3.8, 4) is 0 Å². The maximum Gasteiger partial charge on any atom is 0.229 e. The van der Waals surface area contributed by atoms with Crippen LogP contribution in [-0.4, -0.2) is 15.2 Å². The molecule has 3 rings (SSSR count). The molecule has 1 aliphatic carbocycles. The highest BCUT2D eigenvalue weighted by atomic mass is 35.5. The molecule has 19 heavy (non-hydrogen) atoms. The SMILES string of the molecule is CC1(C(=O)NCc2nc3ccccc3s2)CC1(Cl)Cl. The van der Waals surface area contributed by atoms with Gasteiger partial charge in [0.15, 0.2) is 0 Å². The standard InChI is InChI=1S/C13H12Cl2N2OS/c1-12(7-13(12,14)15)11(18)16-6-10-17-8-4-2-3-5-9(8)19-10/h2-5H,6-7H2,1H3,(H,16,18). The van der Waals surface area contributed by atoms with Crippen LogP contribution in [0.5, 0.6) is 0 Å². The van der Waals surface area contributed by atoms with Crippen molar-refractivity contribution >= 4 is 50.7 Å². The third kappa shape index (κ3) is 2.22. The van der Waals surface area contributed by atoms with Crippen molar-refractivity contribution in [2.24, 2.45) is 5.41 Å². The third-order valence-electron chi connectivity index (χ3n) is 3.50. The number of nitrogens with one attached hydrogen (secondary N) is 1. The van der Waals surface area contributed by atoms with Crippen LogP contribution in [-0.2, 0) is 11.3 Å². The Balaban J connectivity index is 1.68. The summed E-state index contributed by atoms with van der Waals surface area (Å²) in [6.07, 6.45) is 0.495. The van der Waals surface area contributed by atoms with Gasteiger partial charge >= 0.3 is 0 Å². The number of carbonyl (C=O) groups excluding carboxylic acids is 1. The van der Waals surface area contributed by atoms with Gasteiger partial charge in [0.05, 0.1) is 22.2 Å². The van der Waals surface area contributed by atoms with Gasteiger partial charge in [0.25, 0.3) is 0 Å². The minimum Gasteiger partial charge on any atom is -0.349 e. The molecule has 0 spiro atoms.